The maximum Gasteiger partial charge on any atom is 0.0668 e. The lowest BCUT2D eigenvalue weighted by Gasteiger charge is -2.33. The molecular formula is C57H42Cl6N4. The first kappa shape index (κ1) is 46.0. The highest BCUT2D eigenvalue weighted by atomic mass is 35.5. The maximum atomic E-state index is 7.55. The van der Waals surface area contributed by atoms with Crippen molar-refractivity contribution in [1.29, 1.82) is 0 Å². The normalized spacial score (nSPS) is 11.1. The molecule has 0 spiro atoms. The quantitative estimate of drug-likeness (QED) is 0.121. The molecule has 9 rings (SSSR count). The van der Waals surface area contributed by atoms with Crippen LogP contribution in [0.4, 0.5) is 68.2 Å². The zero-order valence-electron chi connectivity index (χ0n) is 36.6. The topological polar surface area (TPSA) is 13.0 Å². The van der Waals surface area contributed by atoms with E-state index in [0.717, 1.165) is 50.8 Å². The van der Waals surface area contributed by atoms with Crippen molar-refractivity contribution in [2.24, 2.45) is 0 Å². The first-order chi connectivity index (χ1) is 32.4. The Balaban J connectivity index is 1.26. The van der Waals surface area contributed by atoms with Crippen molar-refractivity contribution in [3.8, 4) is 0 Å². The summed E-state index contributed by atoms with van der Waals surface area (Å²) in [5.41, 5.74) is 12.2. The van der Waals surface area contributed by atoms with Crippen molar-refractivity contribution < 1.29 is 0 Å². The second-order valence-electron chi connectivity index (χ2n) is 16.1. The SMILES string of the molecule is Cc1cccc(N(c2ccccc2)c2cc(Cl)c(N(c3cc(Cl)c(N(c4ccccc4)c4cccc(C)c4)cc3Cl)c3cc(Cl)c(N(c4ccccc4)c4cccc(C)c4)cc3Cl)cc2Cl)c1. The average Bonchev–Trinajstić information content (AvgIpc) is 3.32. The van der Waals surface area contributed by atoms with E-state index < -0.39 is 0 Å². The molecule has 0 aliphatic carbocycles. The Labute approximate surface area is 422 Å². The Morgan fingerprint density at radius 1 is 0.224 bits per heavy atom. The minimum atomic E-state index is 0.358. The molecule has 9 aromatic rings. The highest BCUT2D eigenvalue weighted by molar-refractivity contribution is 6.41. The number of hydrogen-bond acceptors (Lipinski definition) is 4. The number of benzene rings is 9. The van der Waals surface area contributed by atoms with Crippen LogP contribution in [0, 0.1) is 20.8 Å². The number of anilines is 12. The van der Waals surface area contributed by atoms with Crippen LogP contribution < -0.4 is 19.6 Å². The Hall–Kier alpha value is -6.08. The monoisotopic (exact) mass is 992 g/mol. The van der Waals surface area contributed by atoms with Gasteiger partial charge in [-0.05, 0) is 147 Å². The van der Waals surface area contributed by atoms with E-state index in [1.807, 2.05) is 169 Å². The standard InChI is InChI=1S/C57H42Cl6N4/c1-37-16-13-25-43(28-37)64(40-19-7-4-8-20-40)52-31-49(61)55(34-46(52)58)67(56-35-47(59)53(32-50(56)62)65(41-21-9-5-10-22-41)44-26-14-17-38(2)29-44)57-36-48(60)54(33-51(57)63)66(42-23-11-6-12-24-42)45-27-15-18-39(3)30-45/h4-36H,1-3H3. The smallest absolute Gasteiger partial charge is 0.0668 e. The molecule has 0 N–H and O–H groups in total. The minimum Gasteiger partial charge on any atom is -0.309 e. The van der Waals surface area contributed by atoms with E-state index in [2.05, 4.69) is 71.9 Å². The van der Waals surface area contributed by atoms with Crippen LogP contribution >= 0.6 is 69.6 Å². The third-order valence-electron chi connectivity index (χ3n) is 11.3. The molecule has 0 aromatic heterocycles. The van der Waals surface area contributed by atoms with Gasteiger partial charge in [0.15, 0.2) is 0 Å². The van der Waals surface area contributed by atoms with Crippen LogP contribution in [0.5, 0.6) is 0 Å². The van der Waals surface area contributed by atoms with Crippen LogP contribution in [0.2, 0.25) is 30.1 Å². The lowest BCUT2D eigenvalue weighted by molar-refractivity contribution is 1.23. The summed E-state index contributed by atoms with van der Waals surface area (Å²) in [5, 5.41) is 2.32. The number of halogens is 6. The summed E-state index contributed by atoms with van der Waals surface area (Å²) in [6.07, 6.45) is 0. The molecule has 10 heteroatoms. The van der Waals surface area contributed by atoms with Gasteiger partial charge in [0.1, 0.15) is 0 Å². The molecule has 67 heavy (non-hydrogen) atoms. The Kier molecular flexibility index (Phi) is 13.8. The van der Waals surface area contributed by atoms with E-state index >= 15 is 0 Å². The molecule has 0 radical (unpaired) electrons. The zero-order chi connectivity index (χ0) is 46.8. The first-order valence-corrected chi connectivity index (χ1v) is 23.7. The van der Waals surface area contributed by atoms with Gasteiger partial charge in [0.2, 0.25) is 0 Å². The number of rotatable bonds is 12. The van der Waals surface area contributed by atoms with E-state index in [4.69, 9.17) is 69.6 Å². The molecule has 9 aromatic carbocycles. The van der Waals surface area contributed by atoms with Gasteiger partial charge < -0.3 is 19.6 Å². The van der Waals surface area contributed by atoms with Crippen LogP contribution in [0.15, 0.2) is 200 Å². The van der Waals surface area contributed by atoms with E-state index in [-0.39, 0.29) is 0 Å². The Morgan fingerprint density at radius 2 is 0.433 bits per heavy atom. The van der Waals surface area contributed by atoms with Crippen molar-refractivity contribution >= 4 is 138 Å². The summed E-state index contributed by atoms with van der Waals surface area (Å²) in [6.45, 7) is 6.17. The average molecular weight is 996 g/mol. The van der Waals surface area contributed by atoms with Gasteiger partial charge in [-0.2, -0.15) is 0 Å². The number of nitrogens with zero attached hydrogens (tertiary/aromatic N) is 4. The lowest BCUT2D eigenvalue weighted by Crippen LogP contribution is -2.16. The Bertz CT molecular complexity index is 2880. The molecule has 0 saturated heterocycles. The number of hydrogen-bond donors (Lipinski definition) is 0. The summed E-state index contributed by atoms with van der Waals surface area (Å²) in [5.74, 6) is 0. The van der Waals surface area contributed by atoms with Gasteiger partial charge in [0, 0.05) is 34.1 Å². The molecule has 0 aliphatic heterocycles. The molecule has 0 amide bonds. The van der Waals surface area contributed by atoms with Gasteiger partial charge in [0.05, 0.1) is 64.3 Å². The molecule has 0 bridgehead atoms. The fourth-order valence-corrected chi connectivity index (χ4v) is 9.76. The van der Waals surface area contributed by atoms with E-state index in [9.17, 15) is 0 Å². The summed E-state index contributed by atoms with van der Waals surface area (Å²) in [6, 6.07) is 65.8. The fraction of sp³-hybridized carbons (Fsp3) is 0.0526. The van der Waals surface area contributed by atoms with Crippen molar-refractivity contribution in [2.45, 2.75) is 20.8 Å². The van der Waals surface area contributed by atoms with Crippen molar-refractivity contribution in [2.75, 3.05) is 19.6 Å². The molecule has 0 atom stereocenters. The molecule has 4 nitrogen and oxygen atoms in total. The third kappa shape index (κ3) is 9.70. The summed E-state index contributed by atoms with van der Waals surface area (Å²) >= 11 is 45.1. The number of aryl methyl sites for hydroxylation is 3. The van der Waals surface area contributed by atoms with Crippen molar-refractivity contribution in [3.63, 3.8) is 0 Å². The van der Waals surface area contributed by atoms with Crippen LogP contribution in [0.25, 0.3) is 0 Å². The number of para-hydroxylation sites is 3. The first-order valence-electron chi connectivity index (χ1n) is 21.5. The highest BCUT2D eigenvalue weighted by Crippen LogP contribution is 2.53. The highest BCUT2D eigenvalue weighted by Gasteiger charge is 2.29. The largest absolute Gasteiger partial charge is 0.309 e. The lowest BCUT2D eigenvalue weighted by atomic mass is 10.1. The van der Waals surface area contributed by atoms with Gasteiger partial charge in [-0.1, -0.05) is 161 Å². The molecule has 0 saturated carbocycles. The second-order valence-corrected chi connectivity index (χ2v) is 18.6. The van der Waals surface area contributed by atoms with E-state index in [0.29, 0.717) is 64.3 Å². The van der Waals surface area contributed by atoms with Crippen LogP contribution in [-0.4, -0.2) is 0 Å². The molecule has 0 fully saturated rings. The van der Waals surface area contributed by atoms with Crippen LogP contribution in [0.3, 0.4) is 0 Å². The summed E-state index contributed by atoms with van der Waals surface area (Å²) in [7, 11) is 0. The summed E-state index contributed by atoms with van der Waals surface area (Å²) in [4.78, 5) is 8.12. The minimum absolute atomic E-state index is 0.358. The predicted octanol–water partition coefficient (Wildman–Crippen LogP) is 20.4. The molecule has 0 unspecified atom stereocenters. The van der Waals surface area contributed by atoms with Crippen LogP contribution in [-0.2, 0) is 0 Å². The molecule has 332 valence electrons. The van der Waals surface area contributed by atoms with E-state index in [1.165, 1.54) is 0 Å². The summed E-state index contributed by atoms with van der Waals surface area (Å²) < 4.78 is 0. The Morgan fingerprint density at radius 3 is 0.657 bits per heavy atom. The van der Waals surface area contributed by atoms with Gasteiger partial charge >= 0.3 is 0 Å². The fourth-order valence-electron chi connectivity index (χ4n) is 8.31. The zero-order valence-corrected chi connectivity index (χ0v) is 41.1. The third-order valence-corrected chi connectivity index (χ3v) is 13.1. The van der Waals surface area contributed by atoms with E-state index in [1.54, 1.807) is 0 Å². The second kappa shape index (κ2) is 20.0. The predicted molar refractivity (Wildman–Crippen MR) is 289 cm³/mol. The van der Waals surface area contributed by atoms with Gasteiger partial charge in [-0.25, -0.2) is 0 Å². The molecular weight excluding hydrogens is 953 g/mol. The molecule has 0 aliphatic rings. The molecule has 0 heterocycles. The van der Waals surface area contributed by atoms with Gasteiger partial charge in [-0.3, -0.25) is 0 Å². The maximum absolute atomic E-state index is 7.55. The van der Waals surface area contributed by atoms with Crippen LogP contribution in [0.1, 0.15) is 16.7 Å². The van der Waals surface area contributed by atoms with Gasteiger partial charge in [0.25, 0.3) is 0 Å². The van der Waals surface area contributed by atoms with Crippen molar-refractivity contribution in [1.82, 2.24) is 0 Å². The van der Waals surface area contributed by atoms with Gasteiger partial charge in [-0.15, -0.1) is 0 Å². The van der Waals surface area contributed by atoms with Crippen molar-refractivity contribution in [3.05, 3.63) is 247 Å².